The van der Waals surface area contributed by atoms with Crippen LogP contribution in [-0.4, -0.2) is 17.8 Å². The first-order valence-corrected chi connectivity index (χ1v) is 16.1. The molecular formula is C39H39N3. The van der Waals surface area contributed by atoms with Gasteiger partial charge in [0.05, 0.1) is 0 Å². The van der Waals surface area contributed by atoms with Gasteiger partial charge in [-0.05, 0) is 132 Å². The zero-order valence-corrected chi connectivity index (χ0v) is 24.4. The molecule has 3 nitrogen and oxygen atoms in total. The molecule has 3 unspecified atom stereocenters. The molecule has 3 heteroatoms. The molecule has 8 rings (SSSR count). The highest BCUT2D eigenvalue weighted by Crippen LogP contribution is 2.51. The topological polar surface area (TPSA) is 36.8 Å². The summed E-state index contributed by atoms with van der Waals surface area (Å²) in [6, 6.07) is 16.3. The summed E-state index contributed by atoms with van der Waals surface area (Å²) in [5, 5.41) is 3.71. The Morgan fingerprint density at radius 3 is 2.50 bits per heavy atom. The van der Waals surface area contributed by atoms with E-state index in [1.807, 2.05) is 0 Å². The molecule has 0 saturated carbocycles. The van der Waals surface area contributed by atoms with Crippen molar-refractivity contribution in [2.45, 2.75) is 82.2 Å². The van der Waals surface area contributed by atoms with Crippen molar-refractivity contribution >= 4 is 17.2 Å². The molecule has 0 amide bonds. The minimum Gasteiger partial charge on any atom is -0.325 e. The average molecular weight is 550 g/mol. The van der Waals surface area contributed by atoms with Gasteiger partial charge in [-0.1, -0.05) is 78.9 Å². The van der Waals surface area contributed by atoms with Crippen molar-refractivity contribution in [1.82, 2.24) is 5.32 Å². The van der Waals surface area contributed by atoms with E-state index in [9.17, 15) is 0 Å². The maximum Gasteiger partial charge on any atom is 0.169 e. The second kappa shape index (κ2) is 11.0. The van der Waals surface area contributed by atoms with Crippen LogP contribution in [0.25, 0.3) is 16.7 Å². The van der Waals surface area contributed by atoms with Gasteiger partial charge in [0.25, 0.3) is 0 Å². The van der Waals surface area contributed by atoms with Gasteiger partial charge in [0, 0.05) is 5.92 Å². The number of benzene rings is 2. The van der Waals surface area contributed by atoms with E-state index < -0.39 is 0 Å². The van der Waals surface area contributed by atoms with Crippen LogP contribution in [0.4, 0.5) is 0 Å². The van der Waals surface area contributed by atoms with Crippen LogP contribution in [0, 0.1) is 0 Å². The van der Waals surface area contributed by atoms with Crippen molar-refractivity contribution in [3.05, 3.63) is 124 Å². The number of hydrogen-bond acceptors (Lipinski definition) is 3. The molecule has 1 aliphatic heterocycles. The van der Waals surface area contributed by atoms with Crippen molar-refractivity contribution in [3.8, 4) is 11.1 Å². The lowest BCUT2D eigenvalue weighted by atomic mass is 9.67. The Morgan fingerprint density at radius 2 is 1.62 bits per heavy atom. The molecular weight excluding hydrogens is 510 g/mol. The monoisotopic (exact) mass is 549 g/mol. The number of nitrogens with zero attached hydrogens (tertiary/aromatic N) is 2. The molecule has 5 aliphatic carbocycles. The van der Waals surface area contributed by atoms with Crippen LogP contribution >= 0.6 is 0 Å². The molecule has 0 saturated heterocycles. The number of aliphatic imine (C=N–C) groups is 2. The molecule has 0 spiro atoms. The number of rotatable bonds is 4. The highest BCUT2D eigenvalue weighted by molar-refractivity contribution is 6.16. The van der Waals surface area contributed by atoms with Crippen molar-refractivity contribution in [2.75, 3.05) is 0 Å². The van der Waals surface area contributed by atoms with Gasteiger partial charge < -0.3 is 5.32 Å². The van der Waals surface area contributed by atoms with E-state index in [1.54, 1.807) is 0 Å². The second-order valence-corrected chi connectivity index (χ2v) is 12.5. The summed E-state index contributed by atoms with van der Waals surface area (Å²) in [5.41, 5.74) is 12.3. The van der Waals surface area contributed by atoms with Gasteiger partial charge in [0.2, 0.25) is 0 Å². The molecule has 0 fully saturated rings. The van der Waals surface area contributed by atoms with Crippen LogP contribution in [0.2, 0.25) is 0 Å². The Bertz CT molecular complexity index is 1670. The SMILES string of the molecule is C1=CC(C2N=C(C3=CC(c4ccc5c(c4)C4C=CCCC4c4ccccc4-5)=CCC3)NC(C3=CCCCC3)=N2)=CCC1. The second-order valence-electron chi connectivity index (χ2n) is 12.5. The van der Waals surface area contributed by atoms with E-state index >= 15 is 0 Å². The highest BCUT2D eigenvalue weighted by Gasteiger charge is 2.33. The highest BCUT2D eigenvalue weighted by atomic mass is 15.2. The third kappa shape index (κ3) is 4.69. The Balaban J connectivity index is 1.15. The van der Waals surface area contributed by atoms with Gasteiger partial charge >= 0.3 is 0 Å². The predicted molar refractivity (Wildman–Crippen MR) is 176 cm³/mol. The van der Waals surface area contributed by atoms with E-state index in [1.165, 1.54) is 75.8 Å². The zero-order valence-electron chi connectivity index (χ0n) is 24.4. The lowest BCUT2D eigenvalue weighted by Gasteiger charge is -2.36. The fourth-order valence-corrected chi connectivity index (χ4v) is 7.72. The molecule has 2 aromatic rings. The first kappa shape index (κ1) is 25.7. The molecule has 0 radical (unpaired) electrons. The predicted octanol–water partition coefficient (Wildman–Crippen LogP) is 9.49. The Kier molecular flexibility index (Phi) is 6.75. The number of fused-ring (bicyclic) bond motifs is 6. The summed E-state index contributed by atoms with van der Waals surface area (Å²) < 4.78 is 0. The minimum atomic E-state index is -0.162. The molecule has 6 aliphatic rings. The fraction of sp³-hybridized carbons (Fsp3) is 0.333. The van der Waals surface area contributed by atoms with Crippen molar-refractivity contribution in [3.63, 3.8) is 0 Å². The number of amidine groups is 2. The van der Waals surface area contributed by atoms with Gasteiger partial charge in [0.1, 0.15) is 11.7 Å². The van der Waals surface area contributed by atoms with Gasteiger partial charge in [-0.25, -0.2) is 9.98 Å². The van der Waals surface area contributed by atoms with E-state index in [2.05, 4.69) is 96.4 Å². The molecule has 2 aromatic carbocycles. The van der Waals surface area contributed by atoms with Gasteiger partial charge in [-0.2, -0.15) is 0 Å². The van der Waals surface area contributed by atoms with Crippen LogP contribution < -0.4 is 5.32 Å². The first-order chi connectivity index (χ1) is 20.8. The Morgan fingerprint density at radius 1 is 0.714 bits per heavy atom. The van der Waals surface area contributed by atoms with Gasteiger partial charge in [-0.15, -0.1) is 0 Å². The largest absolute Gasteiger partial charge is 0.325 e. The summed E-state index contributed by atoms with van der Waals surface area (Å²) in [6.07, 6.45) is 30.1. The number of allylic oxidation sites excluding steroid dienone is 8. The van der Waals surface area contributed by atoms with Crippen LogP contribution in [0.3, 0.4) is 0 Å². The quantitative estimate of drug-likeness (QED) is 0.379. The summed E-state index contributed by atoms with van der Waals surface area (Å²) in [6.45, 7) is 0. The van der Waals surface area contributed by atoms with Crippen LogP contribution in [0.1, 0.15) is 92.7 Å². The zero-order chi connectivity index (χ0) is 27.9. The first-order valence-electron chi connectivity index (χ1n) is 16.1. The molecule has 0 bridgehead atoms. The summed E-state index contributed by atoms with van der Waals surface area (Å²) >= 11 is 0. The summed E-state index contributed by atoms with van der Waals surface area (Å²) in [4.78, 5) is 10.4. The minimum absolute atomic E-state index is 0.162. The third-order valence-corrected chi connectivity index (χ3v) is 9.88. The fourth-order valence-electron chi connectivity index (χ4n) is 7.72. The lowest BCUT2D eigenvalue weighted by molar-refractivity contribution is 0.547. The van der Waals surface area contributed by atoms with Crippen LogP contribution in [-0.2, 0) is 0 Å². The van der Waals surface area contributed by atoms with Gasteiger partial charge in [-0.3, -0.25) is 0 Å². The lowest BCUT2D eigenvalue weighted by Crippen LogP contribution is -2.39. The van der Waals surface area contributed by atoms with Crippen molar-refractivity contribution < 1.29 is 0 Å². The van der Waals surface area contributed by atoms with E-state index in [0.29, 0.717) is 11.8 Å². The standard InChI is InChI=1S/C39H39N3/c1-3-12-26(13-4-1)37-40-38(27-14-5-2-6-15-27)42-39(41-37)30-17-11-16-28(24-30)29-22-23-35-33-20-8-7-18-31(33)32-19-9-10-21-34(32)36(35)25-29/h3,7-8,10,12-14,16,18,20-25,32,34,37H,1-2,4-6,9,11,15,17,19H2,(H,40,41,42). The molecule has 1 N–H and O–H groups in total. The summed E-state index contributed by atoms with van der Waals surface area (Å²) in [5.74, 6) is 3.07. The normalized spacial score (nSPS) is 26.2. The smallest absolute Gasteiger partial charge is 0.169 e. The average Bonchev–Trinajstić information content (AvgIpc) is 3.09. The Labute approximate surface area is 250 Å². The molecule has 0 aromatic heterocycles. The Hall–Kier alpha value is -3.98. The number of hydrogen-bond donors (Lipinski definition) is 1. The van der Waals surface area contributed by atoms with Gasteiger partial charge in [0.15, 0.2) is 6.17 Å². The summed E-state index contributed by atoms with van der Waals surface area (Å²) in [7, 11) is 0. The van der Waals surface area contributed by atoms with Crippen LogP contribution in [0.5, 0.6) is 0 Å². The van der Waals surface area contributed by atoms with Crippen LogP contribution in [0.15, 0.2) is 118 Å². The number of nitrogens with one attached hydrogen (secondary N) is 1. The van der Waals surface area contributed by atoms with Crippen molar-refractivity contribution in [2.24, 2.45) is 9.98 Å². The van der Waals surface area contributed by atoms with E-state index in [0.717, 1.165) is 50.2 Å². The molecule has 3 atom stereocenters. The maximum atomic E-state index is 5.22. The van der Waals surface area contributed by atoms with Crippen molar-refractivity contribution in [1.29, 1.82) is 0 Å². The van der Waals surface area contributed by atoms with E-state index in [4.69, 9.17) is 9.98 Å². The molecule has 1 heterocycles. The maximum absolute atomic E-state index is 5.22. The molecule has 42 heavy (non-hydrogen) atoms. The molecule has 210 valence electrons. The van der Waals surface area contributed by atoms with E-state index in [-0.39, 0.29) is 6.17 Å². The third-order valence-electron chi connectivity index (χ3n) is 9.88.